The Morgan fingerprint density at radius 3 is 2.51 bits per heavy atom. The molecule has 0 saturated carbocycles. The zero-order valence-corrected chi connectivity index (χ0v) is 20.2. The van der Waals surface area contributed by atoms with E-state index >= 15 is 0 Å². The number of nitrogens with one attached hydrogen (secondary N) is 1. The van der Waals surface area contributed by atoms with Gasteiger partial charge in [-0.2, -0.15) is 5.10 Å². The smallest absolute Gasteiger partial charge is 0.250 e. The topological polar surface area (TPSA) is 90.6 Å². The highest BCUT2D eigenvalue weighted by Crippen LogP contribution is 2.28. The molecule has 0 atom stereocenters. The van der Waals surface area contributed by atoms with E-state index < -0.39 is 0 Å². The van der Waals surface area contributed by atoms with Crippen molar-refractivity contribution in [2.75, 3.05) is 19.5 Å². The summed E-state index contributed by atoms with van der Waals surface area (Å²) in [7, 11) is 1.59. The van der Waals surface area contributed by atoms with Crippen LogP contribution in [-0.4, -0.2) is 46.4 Å². The number of methoxy groups -OCH3 is 1. The first-order valence-electron chi connectivity index (χ1n) is 11.0. The van der Waals surface area contributed by atoms with Gasteiger partial charge in [-0.25, -0.2) is 5.43 Å². The zero-order valence-electron chi connectivity index (χ0n) is 19.4. The Balaban J connectivity index is 1.50. The van der Waals surface area contributed by atoms with Crippen molar-refractivity contribution in [2.24, 2.45) is 5.10 Å². The fourth-order valence-corrected chi connectivity index (χ4v) is 4.08. The molecule has 1 aromatic heterocycles. The zero-order chi connectivity index (χ0) is 24.5. The fourth-order valence-electron chi connectivity index (χ4n) is 3.34. The molecule has 0 aliphatic heterocycles. The number of ether oxygens (including phenoxy) is 2. The summed E-state index contributed by atoms with van der Waals surface area (Å²) in [4.78, 5) is 12.5. The van der Waals surface area contributed by atoms with E-state index in [1.54, 1.807) is 13.3 Å². The van der Waals surface area contributed by atoms with Gasteiger partial charge in [0.15, 0.2) is 11.0 Å². The van der Waals surface area contributed by atoms with Crippen LogP contribution >= 0.6 is 11.8 Å². The second-order valence-electron chi connectivity index (χ2n) is 7.26. The third-order valence-corrected chi connectivity index (χ3v) is 5.86. The molecule has 1 heterocycles. The average Bonchev–Trinajstić information content (AvgIpc) is 3.33. The van der Waals surface area contributed by atoms with Crippen LogP contribution in [0.4, 0.5) is 0 Å². The van der Waals surface area contributed by atoms with Gasteiger partial charge >= 0.3 is 0 Å². The van der Waals surface area contributed by atoms with Gasteiger partial charge in [0.05, 0.1) is 25.7 Å². The van der Waals surface area contributed by atoms with Gasteiger partial charge in [0.25, 0.3) is 5.91 Å². The van der Waals surface area contributed by atoms with Crippen LogP contribution in [0.5, 0.6) is 11.5 Å². The molecule has 0 radical (unpaired) electrons. The van der Waals surface area contributed by atoms with Crippen molar-refractivity contribution in [1.29, 1.82) is 0 Å². The lowest BCUT2D eigenvalue weighted by Gasteiger charge is -2.11. The minimum Gasteiger partial charge on any atom is -0.496 e. The minimum atomic E-state index is -0.261. The molecule has 0 aliphatic rings. The summed E-state index contributed by atoms with van der Waals surface area (Å²) in [5, 5.41) is 13.4. The van der Waals surface area contributed by atoms with Crippen LogP contribution in [0, 0.1) is 0 Å². The lowest BCUT2D eigenvalue weighted by atomic mass is 10.2. The number of hydrazone groups is 1. The molecule has 0 saturated heterocycles. The quantitative estimate of drug-likeness (QED) is 0.200. The summed E-state index contributed by atoms with van der Waals surface area (Å²) in [6.07, 6.45) is 1.55. The number of nitrogens with zero attached hydrogens (tertiary/aromatic N) is 4. The van der Waals surface area contributed by atoms with Crippen molar-refractivity contribution in [3.05, 3.63) is 84.4 Å². The largest absolute Gasteiger partial charge is 0.496 e. The predicted octanol–water partition coefficient (Wildman–Crippen LogP) is 4.58. The van der Waals surface area contributed by atoms with Gasteiger partial charge in [-0.3, -0.25) is 9.36 Å². The highest BCUT2D eigenvalue weighted by atomic mass is 32.2. The van der Waals surface area contributed by atoms with Gasteiger partial charge in [-0.05, 0) is 43.3 Å². The standard InChI is InChI=1S/C26H25N5O3S/c1-3-34-22-15-13-21(14-16-22)31-25(19-9-5-4-6-10-19)29-30-26(31)35-18-24(32)28-27-17-20-11-7-8-12-23(20)33-2/h4-17H,3,18H2,1-2H3,(H,28,32). The highest BCUT2D eigenvalue weighted by Gasteiger charge is 2.17. The van der Waals surface area contributed by atoms with Gasteiger partial charge in [0.1, 0.15) is 11.5 Å². The molecule has 1 N–H and O–H groups in total. The van der Waals surface area contributed by atoms with Crippen molar-refractivity contribution < 1.29 is 14.3 Å². The molecule has 9 heteroatoms. The van der Waals surface area contributed by atoms with Gasteiger partial charge in [-0.1, -0.05) is 54.2 Å². The average molecular weight is 488 g/mol. The molecule has 0 aliphatic carbocycles. The number of amides is 1. The molecule has 0 spiro atoms. The second kappa shape index (κ2) is 11.8. The molecule has 4 aromatic rings. The van der Waals surface area contributed by atoms with E-state index in [0.717, 1.165) is 22.6 Å². The van der Waals surface area contributed by atoms with Gasteiger partial charge in [-0.15, -0.1) is 10.2 Å². The molecular weight excluding hydrogens is 462 g/mol. The highest BCUT2D eigenvalue weighted by molar-refractivity contribution is 7.99. The van der Waals surface area contributed by atoms with Crippen molar-refractivity contribution in [1.82, 2.24) is 20.2 Å². The van der Waals surface area contributed by atoms with Gasteiger partial charge in [0.2, 0.25) is 0 Å². The molecule has 1 amide bonds. The Bertz CT molecular complexity index is 1290. The van der Waals surface area contributed by atoms with E-state index in [4.69, 9.17) is 9.47 Å². The lowest BCUT2D eigenvalue weighted by Crippen LogP contribution is -2.20. The summed E-state index contributed by atoms with van der Waals surface area (Å²) >= 11 is 1.28. The first-order chi connectivity index (χ1) is 17.2. The van der Waals surface area contributed by atoms with E-state index in [1.165, 1.54) is 11.8 Å². The summed E-state index contributed by atoms with van der Waals surface area (Å²) in [6.45, 7) is 2.54. The molecule has 0 fully saturated rings. The Hall–Kier alpha value is -4.11. The van der Waals surface area contributed by atoms with Crippen LogP contribution in [0.15, 0.2) is 89.1 Å². The number of carbonyl (C=O) groups is 1. The van der Waals surface area contributed by atoms with E-state index in [-0.39, 0.29) is 11.7 Å². The number of thioether (sulfide) groups is 1. The second-order valence-corrected chi connectivity index (χ2v) is 8.20. The van der Waals surface area contributed by atoms with Crippen LogP contribution in [0.25, 0.3) is 17.1 Å². The summed E-state index contributed by atoms with van der Waals surface area (Å²) in [5.74, 6) is 2.01. The number of hydrogen-bond donors (Lipinski definition) is 1. The Kier molecular flexibility index (Phi) is 8.13. The molecule has 0 bridgehead atoms. The van der Waals surface area contributed by atoms with E-state index in [9.17, 15) is 4.79 Å². The SMILES string of the molecule is CCOc1ccc(-n2c(SCC(=O)NN=Cc3ccccc3OC)nnc2-c2ccccc2)cc1. The van der Waals surface area contributed by atoms with Crippen molar-refractivity contribution >= 4 is 23.9 Å². The van der Waals surface area contributed by atoms with E-state index in [0.29, 0.717) is 23.3 Å². The summed E-state index contributed by atoms with van der Waals surface area (Å²) < 4.78 is 12.8. The number of benzene rings is 3. The number of aromatic nitrogens is 3. The molecule has 35 heavy (non-hydrogen) atoms. The molecule has 0 unspecified atom stereocenters. The van der Waals surface area contributed by atoms with Crippen molar-refractivity contribution in [3.63, 3.8) is 0 Å². The monoisotopic (exact) mass is 487 g/mol. The Morgan fingerprint density at radius 1 is 1.03 bits per heavy atom. The fraction of sp³-hybridized carbons (Fsp3) is 0.154. The van der Waals surface area contributed by atoms with Crippen LogP contribution < -0.4 is 14.9 Å². The van der Waals surface area contributed by atoms with Crippen molar-refractivity contribution in [3.8, 4) is 28.6 Å². The maximum absolute atomic E-state index is 12.5. The molecule has 178 valence electrons. The normalized spacial score (nSPS) is 10.9. The van der Waals surface area contributed by atoms with Gasteiger partial charge < -0.3 is 9.47 Å². The number of carbonyl (C=O) groups excluding carboxylic acids is 1. The maximum Gasteiger partial charge on any atom is 0.250 e. The third kappa shape index (κ3) is 6.07. The van der Waals surface area contributed by atoms with Crippen LogP contribution in [0.2, 0.25) is 0 Å². The van der Waals surface area contributed by atoms with Gasteiger partial charge in [0, 0.05) is 16.8 Å². The molecular formula is C26H25N5O3S. The molecule has 8 nitrogen and oxygen atoms in total. The molecule has 3 aromatic carbocycles. The van der Waals surface area contributed by atoms with Crippen molar-refractivity contribution in [2.45, 2.75) is 12.1 Å². The van der Waals surface area contributed by atoms with E-state index in [2.05, 4.69) is 20.7 Å². The first-order valence-corrected chi connectivity index (χ1v) is 12.0. The summed E-state index contributed by atoms with van der Waals surface area (Å²) in [5.41, 5.74) is 5.11. The number of para-hydroxylation sites is 1. The van der Waals surface area contributed by atoms with Crippen LogP contribution in [0.3, 0.4) is 0 Å². The van der Waals surface area contributed by atoms with Crippen LogP contribution in [-0.2, 0) is 4.79 Å². The maximum atomic E-state index is 12.5. The predicted molar refractivity (Wildman–Crippen MR) is 137 cm³/mol. The third-order valence-electron chi connectivity index (χ3n) is 4.94. The summed E-state index contributed by atoms with van der Waals surface area (Å²) in [6, 6.07) is 24.9. The Labute approximate surface area is 208 Å². The molecule has 4 rings (SSSR count). The first kappa shape index (κ1) is 24.0. The Morgan fingerprint density at radius 2 is 1.77 bits per heavy atom. The minimum absolute atomic E-state index is 0.118. The van der Waals surface area contributed by atoms with Crippen LogP contribution in [0.1, 0.15) is 12.5 Å². The number of hydrogen-bond acceptors (Lipinski definition) is 7. The lowest BCUT2D eigenvalue weighted by molar-refractivity contribution is -0.118. The van der Waals surface area contributed by atoms with E-state index in [1.807, 2.05) is 90.4 Å². The number of rotatable bonds is 10.